The molecule has 8 heteroatoms. The van der Waals surface area contributed by atoms with Crippen molar-refractivity contribution >= 4 is 28.5 Å². The zero-order valence-corrected chi connectivity index (χ0v) is 18.8. The second kappa shape index (κ2) is 9.37. The van der Waals surface area contributed by atoms with Crippen LogP contribution in [0.1, 0.15) is 37.9 Å². The van der Waals surface area contributed by atoms with Crippen LogP contribution < -0.4 is 5.32 Å². The van der Waals surface area contributed by atoms with Gasteiger partial charge in [0.25, 0.3) is 0 Å². The van der Waals surface area contributed by atoms with Crippen molar-refractivity contribution in [2.24, 2.45) is 0 Å². The van der Waals surface area contributed by atoms with Crippen molar-refractivity contribution in [2.45, 2.75) is 50.7 Å². The number of imidazole rings is 1. The van der Waals surface area contributed by atoms with Gasteiger partial charge in [0, 0.05) is 29.5 Å². The normalized spacial score (nSPS) is 18.5. The first-order valence-corrected chi connectivity index (χ1v) is 11.6. The summed E-state index contributed by atoms with van der Waals surface area (Å²) in [5, 5.41) is 13.4. The van der Waals surface area contributed by atoms with E-state index < -0.39 is 0 Å². The Morgan fingerprint density at radius 1 is 1.12 bits per heavy atom. The first-order chi connectivity index (χ1) is 16.1. The quantitative estimate of drug-likeness (QED) is 0.432. The summed E-state index contributed by atoms with van der Waals surface area (Å²) < 4.78 is 7.98. The third-order valence-corrected chi connectivity index (χ3v) is 6.36. The number of oxazole rings is 1. The van der Waals surface area contributed by atoms with Crippen molar-refractivity contribution in [1.29, 1.82) is 0 Å². The SMILES string of the molecule is O=C(CCc1oc(-n2cnc3ccccc32)nc1-c1ccc(Cl)cc1)NC1CCC(O)CC1. The number of nitrogens with one attached hydrogen (secondary N) is 1. The summed E-state index contributed by atoms with van der Waals surface area (Å²) in [5.74, 6) is 0.615. The number of fused-ring (bicyclic) bond motifs is 1. The Bertz CT molecular complexity index is 1260. The van der Waals surface area contributed by atoms with Gasteiger partial charge in [-0.15, -0.1) is 0 Å². The lowest BCUT2D eigenvalue weighted by atomic mass is 9.93. The number of aliphatic hydroxyl groups excluding tert-OH is 1. The van der Waals surface area contributed by atoms with Crippen molar-refractivity contribution in [3.05, 3.63) is 65.6 Å². The molecule has 0 bridgehead atoms. The smallest absolute Gasteiger partial charge is 0.308 e. The molecule has 2 aromatic heterocycles. The van der Waals surface area contributed by atoms with Gasteiger partial charge in [-0.2, -0.15) is 4.98 Å². The molecule has 1 aliphatic carbocycles. The highest BCUT2D eigenvalue weighted by Gasteiger charge is 2.22. The Balaban J connectivity index is 1.39. The number of hydrogen-bond acceptors (Lipinski definition) is 5. The maximum Gasteiger partial charge on any atom is 0.308 e. The number of para-hydroxylation sites is 2. The van der Waals surface area contributed by atoms with Crippen molar-refractivity contribution < 1.29 is 14.3 Å². The minimum atomic E-state index is -0.244. The van der Waals surface area contributed by atoms with Gasteiger partial charge in [0.05, 0.1) is 17.1 Å². The largest absolute Gasteiger partial charge is 0.427 e. The van der Waals surface area contributed by atoms with Gasteiger partial charge in [-0.1, -0.05) is 35.9 Å². The molecule has 0 radical (unpaired) electrons. The minimum absolute atomic E-state index is 0.0236. The Kier molecular flexibility index (Phi) is 6.15. The van der Waals surface area contributed by atoms with Gasteiger partial charge in [0.1, 0.15) is 17.8 Å². The third kappa shape index (κ3) is 4.79. The Hall–Kier alpha value is -3.16. The van der Waals surface area contributed by atoms with Gasteiger partial charge >= 0.3 is 6.01 Å². The standard InChI is InChI=1S/C25H25ClN4O3/c26-17-7-5-16(6-8-17)24-22(13-14-23(32)28-18-9-11-19(31)12-10-18)33-25(29-24)30-15-27-20-3-1-2-4-21(20)30/h1-8,15,18-19,31H,9-14H2,(H,28,32). The molecule has 0 unspecified atom stereocenters. The average molecular weight is 465 g/mol. The van der Waals surface area contributed by atoms with E-state index in [4.69, 9.17) is 21.0 Å². The molecular weight excluding hydrogens is 440 g/mol. The van der Waals surface area contributed by atoms with Gasteiger partial charge in [-0.25, -0.2) is 4.98 Å². The van der Waals surface area contributed by atoms with E-state index in [0.717, 1.165) is 42.3 Å². The molecule has 1 saturated carbocycles. The molecule has 7 nitrogen and oxygen atoms in total. The number of hydrogen-bond donors (Lipinski definition) is 2. The first kappa shape index (κ1) is 21.7. The topological polar surface area (TPSA) is 93.2 Å². The maximum absolute atomic E-state index is 12.6. The van der Waals surface area contributed by atoms with Crippen LogP contribution in [0.5, 0.6) is 0 Å². The lowest BCUT2D eigenvalue weighted by Crippen LogP contribution is -2.38. The van der Waals surface area contributed by atoms with E-state index >= 15 is 0 Å². The summed E-state index contributed by atoms with van der Waals surface area (Å²) in [7, 11) is 0. The number of benzene rings is 2. The van der Waals surface area contributed by atoms with Gasteiger partial charge in [-0.3, -0.25) is 9.36 Å². The summed E-state index contributed by atoms with van der Waals surface area (Å²) in [5.41, 5.74) is 3.30. The van der Waals surface area contributed by atoms with E-state index in [1.54, 1.807) is 6.33 Å². The highest BCUT2D eigenvalue weighted by molar-refractivity contribution is 6.30. The molecule has 4 aromatic rings. The Morgan fingerprint density at radius 2 is 1.88 bits per heavy atom. The summed E-state index contributed by atoms with van der Waals surface area (Å²) >= 11 is 6.07. The molecule has 0 atom stereocenters. The maximum atomic E-state index is 12.6. The summed E-state index contributed by atoms with van der Waals surface area (Å²) in [6.45, 7) is 0. The number of rotatable bonds is 6. The lowest BCUT2D eigenvalue weighted by molar-refractivity contribution is -0.122. The zero-order chi connectivity index (χ0) is 22.8. The number of aryl methyl sites for hydroxylation is 1. The van der Waals surface area contributed by atoms with Crippen LogP contribution in [-0.4, -0.2) is 37.7 Å². The second-order valence-corrected chi connectivity index (χ2v) is 8.89. The van der Waals surface area contributed by atoms with E-state index in [0.29, 0.717) is 35.3 Å². The number of carbonyl (C=O) groups excluding carboxylic acids is 1. The summed E-state index contributed by atoms with van der Waals surface area (Å²) in [6, 6.07) is 15.7. The predicted molar refractivity (Wildman–Crippen MR) is 126 cm³/mol. The predicted octanol–water partition coefficient (Wildman–Crippen LogP) is 4.69. The molecule has 2 heterocycles. The van der Waals surface area contributed by atoms with Crippen molar-refractivity contribution in [2.75, 3.05) is 0 Å². The molecule has 2 aromatic carbocycles. The van der Waals surface area contributed by atoms with Crippen molar-refractivity contribution in [3.63, 3.8) is 0 Å². The van der Waals surface area contributed by atoms with Crippen LogP contribution in [0.2, 0.25) is 5.02 Å². The monoisotopic (exact) mass is 464 g/mol. The molecule has 1 fully saturated rings. The van der Waals surface area contributed by atoms with Crippen LogP contribution in [-0.2, 0) is 11.2 Å². The molecule has 0 saturated heterocycles. The van der Waals surface area contributed by atoms with Gasteiger partial charge in [0.15, 0.2) is 0 Å². The highest BCUT2D eigenvalue weighted by atomic mass is 35.5. The van der Waals surface area contributed by atoms with E-state index in [-0.39, 0.29) is 18.1 Å². The van der Waals surface area contributed by atoms with Crippen LogP contribution in [0, 0.1) is 0 Å². The van der Waals surface area contributed by atoms with E-state index in [2.05, 4.69) is 10.3 Å². The third-order valence-electron chi connectivity index (χ3n) is 6.10. The number of aliphatic hydroxyl groups is 1. The number of halogens is 1. The van der Waals surface area contributed by atoms with Crippen LogP contribution in [0.3, 0.4) is 0 Å². The number of amides is 1. The van der Waals surface area contributed by atoms with E-state index in [1.165, 1.54) is 0 Å². The molecular formula is C25H25ClN4O3. The van der Waals surface area contributed by atoms with Crippen LogP contribution in [0.15, 0.2) is 59.3 Å². The number of aromatic nitrogens is 3. The zero-order valence-electron chi connectivity index (χ0n) is 18.1. The van der Waals surface area contributed by atoms with Gasteiger partial charge in [0.2, 0.25) is 5.91 Å². The second-order valence-electron chi connectivity index (χ2n) is 8.45. The van der Waals surface area contributed by atoms with Crippen molar-refractivity contribution in [3.8, 4) is 17.3 Å². The highest BCUT2D eigenvalue weighted by Crippen LogP contribution is 2.29. The fourth-order valence-electron chi connectivity index (χ4n) is 4.30. The van der Waals surface area contributed by atoms with Crippen LogP contribution in [0.25, 0.3) is 28.3 Å². The molecule has 33 heavy (non-hydrogen) atoms. The molecule has 1 aliphatic rings. The van der Waals surface area contributed by atoms with Gasteiger partial charge < -0.3 is 14.8 Å². The van der Waals surface area contributed by atoms with Gasteiger partial charge in [-0.05, 0) is 49.9 Å². The van der Waals surface area contributed by atoms with Crippen LogP contribution >= 0.6 is 11.6 Å². The van der Waals surface area contributed by atoms with Crippen LogP contribution in [0.4, 0.5) is 0 Å². The summed E-state index contributed by atoms with van der Waals surface area (Å²) in [4.78, 5) is 21.8. The molecule has 0 aliphatic heterocycles. The minimum Gasteiger partial charge on any atom is -0.427 e. The first-order valence-electron chi connectivity index (χ1n) is 11.2. The Morgan fingerprint density at radius 3 is 2.67 bits per heavy atom. The molecule has 2 N–H and O–H groups in total. The molecule has 0 spiro atoms. The fraction of sp³-hybridized carbons (Fsp3) is 0.320. The van der Waals surface area contributed by atoms with Crippen molar-refractivity contribution in [1.82, 2.24) is 19.9 Å². The number of carbonyl (C=O) groups is 1. The Labute approximate surface area is 196 Å². The molecule has 170 valence electrons. The summed E-state index contributed by atoms with van der Waals surface area (Å²) in [6.07, 6.45) is 5.23. The molecule has 1 amide bonds. The van der Waals surface area contributed by atoms with E-state index in [9.17, 15) is 9.90 Å². The average Bonchev–Trinajstić information content (AvgIpc) is 3.44. The molecule has 5 rings (SSSR count). The number of nitrogens with zero attached hydrogens (tertiary/aromatic N) is 3. The fourth-order valence-corrected chi connectivity index (χ4v) is 4.43. The lowest BCUT2D eigenvalue weighted by Gasteiger charge is -2.26. The van der Waals surface area contributed by atoms with E-state index in [1.807, 2.05) is 53.1 Å².